The Labute approximate surface area is 122 Å². The quantitative estimate of drug-likeness (QED) is 0.394. The zero-order chi connectivity index (χ0) is 14.8. The monoisotopic (exact) mass is 285 g/mol. The fourth-order valence-corrected chi connectivity index (χ4v) is 2.74. The molecule has 2 aromatic rings. The van der Waals surface area contributed by atoms with Crippen LogP contribution in [0.5, 0.6) is 0 Å². The van der Waals surface area contributed by atoms with Crippen LogP contribution in [0.4, 0.5) is 10.1 Å². The molecular weight excluding hydrogens is 269 g/mol. The number of benzene rings is 2. The number of hydrogen-bond acceptors (Lipinski definition) is 3. The molecule has 21 heavy (non-hydrogen) atoms. The van der Waals surface area contributed by atoms with E-state index in [0.717, 1.165) is 18.5 Å². The number of halogens is 1. The minimum Gasteiger partial charge on any atom is -0.409 e. The topological polar surface area (TPSA) is 61.9 Å². The number of nitrogens with zero attached hydrogens (tertiary/aromatic N) is 2. The molecular formula is C16H16FN3O. The van der Waals surface area contributed by atoms with Gasteiger partial charge in [0.15, 0.2) is 5.84 Å². The lowest BCUT2D eigenvalue weighted by molar-refractivity contribution is 0.318. The zero-order valence-electron chi connectivity index (χ0n) is 11.5. The van der Waals surface area contributed by atoms with Crippen molar-refractivity contribution in [3.05, 3.63) is 65.0 Å². The summed E-state index contributed by atoms with van der Waals surface area (Å²) in [6.07, 6.45) is 0.999. The number of rotatable bonds is 3. The first-order valence-electron chi connectivity index (χ1n) is 6.77. The van der Waals surface area contributed by atoms with Crippen molar-refractivity contribution < 1.29 is 9.60 Å². The van der Waals surface area contributed by atoms with Crippen LogP contribution in [0.3, 0.4) is 0 Å². The fourth-order valence-electron chi connectivity index (χ4n) is 2.74. The van der Waals surface area contributed by atoms with Crippen molar-refractivity contribution in [2.75, 3.05) is 11.4 Å². The molecule has 0 bridgehead atoms. The van der Waals surface area contributed by atoms with E-state index in [1.54, 1.807) is 6.07 Å². The maximum atomic E-state index is 13.7. The Morgan fingerprint density at radius 1 is 1.29 bits per heavy atom. The van der Waals surface area contributed by atoms with E-state index in [0.29, 0.717) is 12.1 Å². The molecule has 1 aliphatic heterocycles. The van der Waals surface area contributed by atoms with Gasteiger partial charge < -0.3 is 15.8 Å². The molecule has 1 aliphatic rings. The van der Waals surface area contributed by atoms with E-state index in [1.807, 2.05) is 12.1 Å². The lowest BCUT2D eigenvalue weighted by Gasteiger charge is -2.20. The Morgan fingerprint density at radius 3 is 2.90 bits per heavy atom. The van der Waals surface area contributed by atoms with Gasteiger partial charge in [0.05, 0.1) is 0 Å². The summed E-state index contributed by atoms with van der Waals surface area (Å²) in [5, 5.41) is 11.6. The fraction of sp³-hybridized carbons (Fsp3) is 0.188. The first-order valence-corrected chi connectivity index (χ1v) is 6.77. The van der Waals surface area contributed by atoms with Crippen LogP contribution in [0, 0.1) is 5.82 Å². The van der Waals surface area contributed by atoms with Gasteiger partial charge in [-0.2, -0.15) is 0 Å². The minimum atomic E-state index is -0.387. The molecule has 3 rings (SSSR count). The van der Waals surface area contributed by atoms with Crippen LogP contribution in [0.15, 0.2) is 47.6 Å². The first kappa shape index (κ1) is 13.4. The Kier molecular flexibility index (Phi) is 3.48. The maximum absolute atomic E-state index is 13.7. The lowest BCUT2D eigenvalue weighted by atomic mass is 10.1. The number of nitrogens with two attached hydrogens (primary N) is 1. The molecule has 0 fully saturated rings. The number of fused-ring (bicyclic) bond motifs is 1. The third kappa shape index (κ3) is 2.67. The molecule has 3 N–H and O–H groups in total. The number of para-hydroxylation sites is 1. The average Bonchev–Trinajstić information content (AvgIpc) is 2.89. The second-order valence-corrected chi connectivity index (χ2v) is 5.13. The van der Waals surface area contributed by atoms with Crippen molar-refractivity contribution in [3.8, 4) is 0 Å². The second kappa shape index (κ2) is 5.44. The van der Waals surface area contributed by atoms with Crippen LogP contribution in [-0.4, -0.2) is 17.6 Å². The summed E-state index contributed by atoms with van der Waals surface area (Å²) in [5.74, 6) is -0.473. The van der Waals surface area contributed by atoms with E-state index in [1.165, 1.54) is 23.4 Å². The van der Waals surface area contributed by atoms with E-state index in [-0.39, 0.29) is 11.7 Å². The van der Waals surface area contributed by atoms with Crippen molar-refractivity contribution in [2.45, 2.75) is 13.0 Å². The molecule has 0 saturated heterocycles. The first-order chi connectivity index (χ1) is 10.2. The van der Waals surface area contributed by atoms with Gasteiger partial charge in [0.1, 0.15) is 5.82 Å². The highest BCUT2D eigenvalue weighted by atomic mass is 19.1. The molecule has 0 amide bonds. The van der Waals surface area contributed by atoms with Gasteiger partial charge in [0, 0.05) is 24.3 Å². The predicted molar refractivity (Wildman–Crippen MR) is 80.1 cm³/mol. The molecule has 0 aromatic heterocycles. The maximum Gasteiger partial charge on any atom is 0.170 e. The van der Waals surface area contributed by atoms with Gasteiger partial charge in [0.2, 0.25) is 0 Å². The lowest BCUT2D eigenvalue weighted by Crippen LogP contribution is -2.20. The molecule has 0 atom stereocenters. The van der Waals surface area contributed by atoms with Gasteiger partial charge in [0.25, 0.3) is 0 Å². The van der Waals surface area contributed by atoms with Crippen LogP contribution in [0.25, 0.3) is 0 Å². The SMILES string of the molecule is N/C(=N/O)c1cc(F)cc(CN2CCc3ccccc32)c1. The number of anilines is 1. The van der Waals surface area contributed by atoms with Crippen molar-refractivity contribution in [2.24, 2.45) is 10.9 Å². The molecule has 0 aliphatic carbocycles. The number of hydrogen-bond donors (Lipinski definition) is 2. The largest absolute Gasteiger partial charge is 0.409 e. The van der Waals surface area contributed by atoms with Gasteiger partial charge in [-0.05, 0) is 41.8 Å². The summed E-state index contributed by atoms with van der Waals surface area (Å²) in [7, 11) is 0. The summed E-state index contributed by atoms with van der Waals surface area (Å²) in [4.78, 5) is 2.21. The average molecular weight is 285 g/mol. The standard InChI is InChI=1S/C16H16FN3O/c17-14-8-11(7-13(9-14)16(18)19-21)10-20-6-5-12-3-1-2-4-15(12)20/h1-4,7-9,21H,5-6,10H2,(H2,18,19). The second-order valence-electron chi connectivity index (χ2n) is 5.13. The summed E-state index contributed by atoms with van der Waals surface area (Å²) in [5.41, 5.74) is 9.22. The molecule has 5 heteroatoms. The van der Waals surface area contributed by atoms with Gasteiger partial charge in [-0.25, -0.2) is 4.39 Å². The predicted octanol–water partition coefficient (Wildman–Crippen LogP) is 2.48. The van der Waals surface area contributed by atoms with Crippen molar-refractivity contribution in [1.29, 1.82) is 0 Å². The molecule has 0 saturated carbocycles. The Morgan fingerprint density at radius 2 is 2.10 bits per heavy atom. The molecule has 2 aromatic carbocycles. The van der Waals surface area contributed by atoms with Gasteiger partial charge in [-0.1, -0.05) is 23.4 Å². The van der Waals surface area contributed by atoms with Gasteiger partial charge in [-0.3, -0.25) is 0 Å². The summed E-state index contributed by atoms with van der Waals surface area (Å²) in [6, 6.07) is 12.7. The summed E-state index contributed by atoms with van der Waals surface area (Å²) < 4.78 is 13.7. The molecule has 0 spiro atoms. The zero-order valence-corrected chi connectivity index (χ0v) is 11.5. The van der Waals surface area contributed by atoms with Crippen LogP contribution in [-0.2, 0) is 13.0 Å². The minimum absolute atomic E-state index is 0.0856. The van der Waals surface area contributed by atoms with E-state index < -0.39 is 0 Å². The van der Waals surface area contributed by atoms with E-state index in [9.17, 15) is 4.39 Å². The molecule has 0 radical (unpaired) electrons. The Hall–Kier alpha value is -2.56. The van der Waals surface area contributed by atoms with Crippen molar-refractivity contribution >= 4 is 11.5 Å². The van der Waals surface area contributed by atoms with E-state index >= 15 is 0 Å². The molecule has 1 heterocycles. The van der Waals surface area contributed by atoms with Crippen LogP contribution in [0.1, 0.15) is 16.7 Å². The van der Waals surface area contributed by atoms with Crippen LogP contribution in [0.2, 0.25) is 0 Å². The van der Waals surface area contributed by atoms with Crippen molar-refractivity contribution in [1.82, 2.24) is 0 Å². The van der Waals surface area contributed by atoms with Crippen LogP contribution >= 0.6 is 0 Å². The van der Waals surface area contributed by atoms with E-state index in [2.05, 4.69) is 22.2 Å². The Bertz CT molecular complexity index is 700. The Balaban J connectivity index is 1.88. The van der Waals surface area contributed by atoms with E-state index in [4.69, 9.17) is 10.9 Å². The smallest absolute Gasteiger partial charge is 0.170 e. The molecule has 108 valence electrons. The number of amidine groups is 1. The number of oxime groups is 1. The normalized spacial score (nSPS) is 14.3. The third-order valence-electron chi connectivity index (χ3n) is 3.72. The third-order valence-corrected chi connectivity index (χ3v) is 3.72. The summed E-state index contributed by atoms with van der Waals surface area (Å²) >= 11 is 0. The van der Waals surface area contributed by atoms with Crippen LogP contribution < -0.4 is 10.6 Å². The highest BCUT2D eigenvalue weighted by Gasteiger charge is 2.18. The summed E-state index contributed by atoms with van der Waals surface area (Å²) in [6.45, 7) is 1.51. The van der Waals surface area contributed by atoms with Gasteiger partial charge in [-0.15, -0.1) is 0 Å². The van der Waals surface area contributed by atoms with Gasteiger partial charge >= 0.3 is 0 Å². The highest BCUT2D eigenvalue weighted by Crippen LogP contribution is 2.29. The van der Waals surface area contributed by atoms with Crippen molar-refractivity contribution in [3.63, 3.8) is 0 Å². The highest BCUT2D eigenvalue weighted by molar-refractivity contribution is 5.97. The molecule has 0 unspecified atom stereocenters. The molecule has 4 nitrogen and oxygen atoms in total.